The molecule has 10 nitrogen and oxygen atoms in total. The molecule has 0 atom stereocenters. The molecular weight excluding hydrogens is 470 g/mol. The van der Waals surface area contributed by atoms with Crippen molar-refractivity contribution in [3.05, 3.63) is 48.4 Å². The van der Waals surface area contributed by atoms with Gasteiger partial charge in [0.05, 0.1) is 43.7 Å². The number of anilines is 2. The summed E-state index contributed by atoms with van der Waals surface area (Å²) < 4.78 is 18.6. The zero-order chi connectivity index (χ0) is 25.5. The summed E-state index contributed by atoms with van der Waals surface area (Å²) >= 11 is 0. The standard InChI is InChI=1S/C27H33N7O3/c1-35-14-15-37-26-25(31-27-29-17-22(18-30-27)21-4-2-20(16-28)3-5-21)19-34(32-26)24-8-6-23(7-9-24)33-10-12-36-13-11-33/h2-5,17-19,23-24H,6-15H2,1H3,(H,29,30,31). The topological polar surface area (TPSA) is 110 Å². The SMILES string of the molecule is COCCOc1nn(C2CCC(N3CCOCC3)CC2)cc1Nc1ncc(-c2ccc(C#N)cc2)cn1. The molecule has 1 saturated carbocycles. The zero-order valence-corrected chi connectivity index (χ0v) is 21.2. The van der Waals surface area contributed by atoms with Gasteiger partial charge in [0.15, 0.2) is 0 Å². The molecule has 5 rings (SSSR count). The van der Waals surface area contributed by atoms with Gasteiger partial charge in [-0.05, 0) is 43.4 Å². The Morgan fingerprint density at radius 1 is 1.00 bits per heavy atom. The van der Waals surface area contributed by atoms with Gasteiger partial charge in [0, 0.05) is 44.2 Å². The Kier molecular flexibility index (Phi) is 8.25. The van der Waals surface area contributed by atoms with Gasteiger partial charge in [-0.25, -0.2) is 9.97 Å². The smallest absolute Gasteiger partial charge is 0.257 e. The number of aromatic nitrogens is 4. The van der Waals surface area contributed by atoms with Gasteiger partial charge in [-0.1, -0.05) is 12.1 Å². The van der Waals surface area contributed by atoms with E-state index in [2.05, 4.69) is 26.3 Å². The first-order chi connectivity index (χ1) is 18.2. The summed E-state index contributed by atoms with van der Waals surface area (Å²) in [6.45, 7) is 4.63. The summed E-state index contributed by atoms with van der Waals surface area (Å²) in [5, 5.41) is 17.1. The summed E-state index contributed by atoms with van der Waals surface area (Å²) in [6, 6.07) is 10.5. The van der Waals surface area contributed by atoms with E-state index in [1.54, 1.807) is 31.6 Å². The molecule has 194 valence electrons. The first-order valence-electron chi connectivity index (χ1n) is 12.9. The van der Waals surface area contributed by atoms with E-state index < -0.39 is 0 Å². The van der Waals surface area contributed by atoms with Crippen LogP contribution in [0.5, 0.6) is 5.88 Å². The third-order valence-electron chi connectivity index (χ3n) is 7.07. The molecule has 2 aliphatic rings. The lowest BCUT2D eigenvalue weighted by atomic mass is 9.90. The normalized spacial score (nSPS) is 20.3. The highest BCUT2D eigenvalue weighted by Crippen LogP contribution is 2.34. The number of benzene rings is 1. The van der Waals surface area contributed by atoms with Crippen LogP contribution in [0.2, 0.25) is 0 Å². The van der Waals surface area contributed by atoms with Crippen molar-refractivity contribution in [1.82, 2.24) is 24.6 Å². The number of rotatable bonds is 9. The van der Waals surface area contributed by atoms with E-state index in [0.29, 0.717) is 42.7 Å². The number of morpholine rings is 1. The molecule has 0 spiro atoms. The Morgan fingerprint density at radius 2 is 1.70 bits per heavy atom. The molecule has 0 radical (unpaired) electrons. The van der Waals surface area contributed by atoms with Gasteiger partial charge in [-0.3, -0.25) is 9.58 Å². The van der Waals surface area contributed by atoms with Gasteiger partial charge in [0.25, 0.3) is 5.88 Å². The molecule has 10 heteroatoms. The van der Waals surface area contributed by atoms with Crippen LogP contribution in [0.4, 0.5) is 11.6 Å². The fraction of sp³-hybridized carbons (Fsp3) is 0.481. The van der Waals surface area contributed by atoms with Gasteiger partial charge in [-0.15, -0.1) is 5.10 Å². The van der Waals surface area contributed by atoms with Crippen LogP contribution in [0.15, 0.2) is 42.9 Å². The summed E-state index contributed by atoms with van der Waals surface area (Å²) in [5.41, 5.74) is 3.18. The molecule has 1 N–H and O–H groups in total. The second-order valence-corrected chi connectivity index (χ2v) is 9.39. The third kappa shape index (κ3) is 6.25. The second-order valence-electron chi connectivity index (χ2n) is 9.39. The molecule has 2 fully saturated rings. The Hall–Kier alpha value is -3.52. The second kappa shape index (κ2) is 12.1. The molecule has 1 saturated heterocycles. The quantitative estimate of drug-likeness (QED) is 0.436. The maximum Gasteiger partial charge on any atom is 0.257 e. The molecular formula is C27H33N7O3. The Bertz CT molecular complexity index is 1180. The van der Waals surface area contributed by atoms with Gasteiger partial charge >= 0.3 is 0 Å². The predicted octanol–water partition coefficient (Wildman–Crippen LogP) is 3.80. The first-order valence-corrected chi connectivity index (χ1v) is 12.9. The van der Waals surface area contributed by atoms with Crippen molar-refractivity contribution in [3.8, 4) is 23.1 Å². The van der Waals surface area contributed by atoms with Crippen molar-refractivity contribution in [2.45, 2.75) is 37.8 Å². The van der Waals surface area contributed by atoms with Crippen LogP contribution in [0, 0.1) is 11.3 Å². The third-order valence-corrected chi connectivity index (χ3v) is 7.07. The van der Waals surface area contributed by atoms with Gasteiger partial charge < -0.3 is 19.5 Å². The van der Waals surface area contributed by atoms with E-state index >= 15 is 0 Å². The van der Waals surface area contributed by atoms with Crippen molar-refractivity contribution >= 4 is 11.6 Å². The predicted molar refractivity (Wildman–Crippen MR) is 139 cm³/mol. The summed E-state index contributed by atoms with van der Waals surface area (Å²) in [7, 11) is 1.65. The van der Waals surface area contributed by atoms with Crippen LogP contribution in [0.25, 0.3) is 11.1 Å². The Morgan fingerprint density at radius 3 is 2.38 bits per heavy atom. The summed E-state index contributed by atoms with van der Waals surface area (Å²) in [4.78, 5) is 11.6. The number of ether oxygens (including phenoxy) is 3. The van der Waals surface area contributed by atoms with E-state index in [9.17, 15) is 0 Å². The molecule has 1 aromatic carbocycles. The lowest BCUT2D eigenvalue weighted by Crippen LogP contribution is -2.45. The number of methoxy groups -OCH3 is 1. The molecule has 1 aliphatic heterocycles. The number of nitrogens with zero attached hydrogens (tertiary/aromatic N) is 6. The minimum absolute atomic E-state index is 0.331. The highest BCUT2D eigenvalue weighted by Gasteiger charge is 2.29. The molecule has 2 aromatic heterocycles. The molecule has 0 unspecified atom stereocenters. The number of nitrogens with one attached hydrogen (secondary N) is 1. The highest BCUT2D eigenvalue weighted by molar-refractivity contribution is 5.64. The van der Waals surface area contributed by atoms with Gasteiger partial charge in [0.1, 0.15) is 12.3 Å². The first kappa shape index (κ1) is 25.1. The van der Waals surface area contributed by atoms with Crippen LogP contribution in [-0.2, 0) is 9.47 Å². The Balaban J connectivity index is 1.26. The van der Waals surface area contributed by atoms with Crippen molar-refractivity contribution in [2.24, 2.45) is 0 Å². The van der Waals surface area contributed by atoms with Gasteiger partial charge in [0.2, 0.25) is 5.95 Å². The van der Waals surface area contributed by atoms with Gasteiger partial charge in [-0.2, -0.15) is 5.26 Å². The molecule has 37 heavy (non-hydrogen) atoms. The highest BCUT2D eigenvalue weighted by atomic mass is 16.5. The Labute approximate surface area is 217 Å². The monoisotopic (exact) mass is 503 g/mol. The van der Waals surface area contributed by atoms with E-state index in [1.165, 1.54) is 0 Å². The minimum Gasteiger partial charge on any atom is -0.473 e. The fourth-order valence-electron chi connectivity index (χ4n) is 5.01. The summed E-state index contributed by atoms with van der Waals surface area (Å²) in [6.07, 6.45) is 10.0. The van der Waals surface area contributed by atoms with Crippen LogP contribution in [-0.4, -0.2) is 77.3 Å². The van der Waals surface area contributed by atoms with Crippen LogP contribution < -0.4 is 10.1 Å². The molecule has 0 amide bonds. The molecule has 3 heterocycles. The van der Waals surface area contributed by atoms with Crippen molar-refractivity contribution < 1.29 is 14.2 Å². The van der Waals surface area contributed by atoms with Crippen LogP contribution in [0.1, 0.15) is 37.3 Å². The maximum absolute atomic E-state index is 9.00. The number of nitriles is 1. The molecule has 3 aromatic rings. The van der Waals surface area contributed by atoms with Crippen molar-refractivity contribution in [2.75, 3.05) is 51.9 Å². The van der Waals surface area contributed by atoms with Crippen molar-refractivity contribution in [3.63, 3.8) is 0 Å². The zero-order valence-electron chi connectivity index (χ0n) is 21.2. The number of hydrogen-bond donors (Lipinski definition) is 1. The fourth-order valence-corrected chi connectivity index (χ4v) is 5.01. The molecule has 0 bridgehead atoms. The van der Waals surface area contributed by atoms with Crippen LogP contribution in [0.3, 0.4) is 0 Å². The van der Waals surface area contributed by atoms with E-state index in [1.807, 2.05) is 23.0 Å². The average Bonchev–Trinajstić information content (AvgIpc) is 3.36. The maximum atomic E-state index is 9.00. The lowest BCUT2D eigenvalue weighted by molar-refractivity contribution is 0.00502. The van der Waals surface area contributed by atoms with E-state index in [4.69, 9.17) is 24.6 Å². The number of hydrogen-bond acceptors (Lipinski definition) is 9. The van der Waals surface area contributed by atoms with E-state index in [-0.39, 0.29) is 0 Å². The molecule has 1 aliphatic carbocycles. The van der Waals surface area contributed by atoms with E-state index in [0.717, 1.165) is 68.8 Å². The lowest BCUT2D eigenvalue weighted by Gasteiger charge is -2.38. The summed E-state index contributed by atoms with van der Waals surface area (Å²) in [5.74, 6) is 0.983. The minimum atomic E-state index is 0.331. The van der Waals surface area contributed by atoms with Crippen molar-refractivity contribution in [1.29, 1.82) is 5.26 Å². The average molecular weight is 504 g/mol. The largest absolute Gasteiger partial charge is 0.473 e. The van der Waals surface area contributed by atoms with Crippen LogP contribution >= 0.6 is 0 Å².